The second-order valence-electron chi connectivity index (χ2n) is 4.32. The molecular formula is C14H13N5O. The Morgan fingerprint density at radius 1 is 1.40 bits per heavy atom. The van der Waals surface area contributed by atoms with Crippen LogP contribution in [0.15, 0.2) is 52.6 Å². The summed E-state index contributed by atoms with van der Waals surface area (Å²) >= 11 is 0. The Morgan fingerprint density at radius 2 is 2.30 bits per heavy atom. The van der Waals surface area contributed by atoms with Crippen molar-refractivity contribution in [3.8, 4) is 11.3 Å². The normalized spacial score (nSPS) is 11.2. The molecule has 3 rings (SSSR count). The number of rotatable bonds is 3. The van der Waals surface area contributed by atoms with E-state index in [1.165, 1.54) is 11.1 Å². The topological polar surface area (TPSA) is 82.2 Å². The van der Waals surface area contributed by atoms with Gasteiger partial charge in [0.1, 0.15) is 0 Å². The number of benzene rings is 1. The molecule has 0 unspecified atom stereocenters. The predicted molar refractivity (Wildman–Crippen MR) is 76.3 cm³/mol. The van der Waals surface area contributed by atoms with E-state index in [1.54, 1.807) is 18.6 Å². The van der Waals surface area contributed by atoms with Crippen LogP contribution in [-0.2, 0) is 0 Å². The summed E-state index contributed by atoms with van der Waals surface area (Å²) in [7, 11) is 0. The molecule has 0 amide bonds. The van der Waals surface area contributed by atoms with Gasteiger partial charge in [-0.2, -0.15) is 5.10 Å². The Kier molecular flexibility index (Phi) is 3.04. The SMILES string of the molecule is Cc1cn(N=Cc2cccc(-c3cnco3)c2)c(N)n1. The minimum atomic E-state index is 0.366. The predicted octanol–water partition coefficient (Wildman–Crippen LogP) is 2.31. The van der Waals surface area contributed by atoms with Crippen LogP contribution in [0.5, 0.6) is 0 Å². The highest BCUT2D eigenvalue weighted by molar-refractivity contribution is 5.81. The van der Waals surface area contributed by atoms with Crippen LogP contribution in [0.1, 0.15) is 11.3 Å². The molecule has 6 nitrogen and oxygen atoms in total. The molecule has 20 heavy (non-hydrogen) atoms. The zero-order valence-corrected chi connectivity index (χ0v) is 10.9. The molecule has 6 heteroatoms. The number of nitrogen functional groups attached to an aromatic ring is 1. The fraction of sp³-hybridized carbons (Fsp3) is 0.0714. The molecule has 0 spiro atoms. The fourth-order valence-corrected chi connectivity index (χ4v) is 1.86. The number of aryl methyl sites for hydroxylation is 1. The minimum absolute atomic E-state index is 0.366. The monoisotopic (exact) mass is 267 g/mol. The quantitative estimate of drug-likeness (QED) is 0.738. The molecule has 2 heterocycles. The summed E-state index contributed by atoms with van der Waals surface area (Å²) in [6.45, 7) is 1.87. The highest BCUT2D eigenvalue weighted by Gasteiger charge is 2.02. The highest BCUT2D eigenvalue weighted by Crippen LogP contribution is 2.19. The third kappa shape index (κ3) is 2.44. The number of imidazole rings is 1. The molecule has 0 fully saturated rings. The van der Waals surface area contributed by atoms with Crippen LogP contribution in [0.4, 0.5) is 5.95 Å². The van der Waals surface area contributed by atoms with Gasteiger partial charge in [-0.15, -0.1) is 0 Å². The highest BCUT2D eigenvalue weighted by atomic mass is 16.3. The summed E-state index contributed by atoms with van der Waals surface area (Å²) < 4.78 is 6.81. The first-order valence-corrected chi connectivity index (χ1v) is 6.07. The van der Waals surface area contributed by atoms with Crippen LogP contribution in [0.2, 0.25) is 0 Å². The average molecular weight is 267 g/mol. The maximum atomic E-state index is 5.73. The van der Waals surface area contributed by atoms with Crippen LogP contribution >= 0.6 is 0 Å². The molecule has 0 radical (unpaired) electrons. The van der Waals surface area contributed by atoms with Gasteiger partial charge in [-0.25, -0.2) is 14.6 Å². The van der Waals surface area contributed by atoms with E-state index in [0.717, 1.165) is 22.6 Å². The van der Waals surface area contributed by atoms with E-state index < -0.39 is 0 Å². The second kappa shape index (κ2) is 5.00. The van der Waals surface area contributed by atoms with Gasteiger partial charge in [-0.3, -0.25) is 0 Å². The molecular weight excluding hydrogens is 254 g/mol. The maximum Gasteiger partial charge on any atom is 0.221 e. The Labute approximate surface area is 115 Å². The van der Waals surface area contributed by atoms with E-state index in [-0.39, 0.29) is 0 Å². The number of aromatic nitrogens is 3. The Bertz CT molecular complexity index is 743. The molecule has 1 aromatic carbocycles. The first kappa shape index (κ1) is 12.2. The molecule has 0 aliphatic heterocycles. The van der Waals surface area contributed by atoms with E-state index in [1.807, 2.05) is 31.2 Å². The van der Waals surface area contributed by atoms with Crippen molar-refractivity contribution in [2.45, 2.75) is 6.92 Å². The van der Waals surface area contributed by atoms with Crippen molar-refractivity contribution in [3.05, 3.63) is 54.3 Å². The zero-order valence-electron chi connectivity index (χ0n) is 10.9. The molecule has 0 bridgehead atoms. The number of oxazole rings is 1. The number of nitrogens with zero attached hydrogens (tertiary/aromatic N) is 4. The minimum Gasteiger partial charge on any atom is -0.444 e. The first-order chi connectivity index (χ1) is 9.72. The number of anilines is 1. The van der Waals surface area contributed by atoms with Crippen molar-refractivity contribution in [2.24, 2.45) is 5.10 Å². The summed E-state index contributed by atoms with van der Waals surface area (Å²) in [5.41, 5.74) is 8.44. The average Bonchev–Trinajstić information content (AvgIpc) is 3.07. The maximum absolute atomic E-state index is 5.73. The Balaban J connectivity index is 1.88. The second-order valence-corrected chi connectivity index (χ2v) is 4.32. The van der Waals surface area contributed by atoms with Gasteiger partial charge in [0.05, 0.1) is 24.3 Å². The summed E-state index contributed by atoms with van der Waals surface area (Å²) in [5.74, 6) is 1.09. The lowest BCUT2D eigenvalue weighted by Gasteiger charge is -1.99. The van der Waals surface area contributed by atoms with E-state index in [4.69, 9.17) is 10.2 Å². The molecule has 2 N–H and O–H groups in total. The number of hydrogen-bond acceptors (Lipinski definition) is 5. The van der Waals surface area contributed by atoms with Gasteiger partial charge in [-0.1, -0.05) is 18.2 Å². The molecule has 0 aliphatic rings. The van der Waals surface area contributed by atoms with Crippen LogP contribution in [0.3, 0.4) is 0 Å². The van der Waals surface area contributed by atoms with Gasteiger partial charge in [0, 0.05) is 5.56 Å². The fourth-order valence-electron chi connectivity index (χ4n) is 1.86. The van der Waals surface area contributed by atoms with Crippen molar-refractivity contribution >= 4 is 12.2 Å². The molecule has 100 valence electrons. The summed E-state index contributed by atoms with van der Waals surface area (Å²) in [6, 6.07) is 7.79. The van der Waals surface area contributed by atoms with Crippen molar-refractivity contribution in [1.82, 2.24) is 14.6 Å². The van der Waals surface area contributed by atoms with Gasteiger partial charge in [0.25, 0.3) is 0 Å². The molecule has 2 aromatic heterocycles. The van der Waals surface area contributed by atoms with Crippen molar-refractivity contribution in [3.63, 3.8) is 0 Å². The van der Waals surface area contributed by atoms with Crippen LogP contribution in [0, 0.1) is 6.92 Å². The van der Waals surface area contributed by atoms with Gasteiger partial charge < -0.3 is 10.2 Å². The van der Waals surface area contributed by atoms with Crippen LogP contribution in [-0.4, -0.2) is 20.9 Å². The van der Waals surface area contributed by atoms with Crippen LogP contribution in [0.25, 0.3) is 11.3 Å². The van der Waals surface area contributed by atoms with Gasteiger partial charge in [-0.05, 0) is 18.6 Å². The van der Waals surface area contributed by atoms with Gasteiger partial charge in [0.2, 0.25) is 5.95 Å². The van der Waals surface area contributed by atoms with Crippen molar-refractivity contribution in [2.75, 3.05) is 5.73 Å². The molecule has 0 saturated carbocycles. The molecule has 0 saturated heterocycles. The largest absolute Gasteiger partial charge is 0.444 e. The molecule has 0 aliphatic carbocycles. The van der Waals surface area contributed by atoms with Crippen LogP contribution < -0.4 is 5.73 Å². The van der Waals surface area contributed by atoms with Crippen molar-refractivity contribution < 1.29 is 4.42 Å². The van der Waals surface area contributed by atoms with E-state index in [2.05, 4.69) is 15.1 Å². The summed E-state index contributed by atoms with van der Waals surface area (Å²) in [5, 5.41) is 4.28. The third-order valence-electron chi connectivity index (χ3n) is 2.77. The third-order valence-corrected chi connectivity index (χ3v) is 2.77. The number of nitrogens with two attached hydrogens (primary N) is 1. The zero-order chi connectivity index (χ0) is 13.9. The molecule has 0 atom stereocenters. The Morgan fingerprint density at radius 3 is 3.00 bits per heavy atom. The lowest BCUT2D eigenvalue weighted by molar-refractivity contribution is 0.572. The van der Waals surface area contributed by atoms with E-state index >= 15 is 0 Å². The van der Waals surface area contributed by atoms with Crippen molar-refractivity contribution in [1.29, 1.82) is 0 Å². The molecule has 3 aromatic rings. The van der Waals surface area contributed by atoms with E-state index in [9.17, 15) is 0 Å². The lowest BCUT2D eigenvalue weighted by atomic mass is 10.1. The summed E-state index contributed by atoms with van der Waals surface area (Å²) in [6.07, 6.45) is 6.57. The number of hydrogen-bond donors (Lipinski definition) is 1. The summed E-state index contributed by atoms with van der Waals surface area (Å²) in [4.78, 5) is 7.99. The Hall–Kier alpha value is -2.89. The first-order valence-electron chi connectivity index (χ1n) is 6.07. The standard InChI is InChI=1S/C14H13N5O/c1-10-8-19(14(15)18-10)17-6-11-3-2-4-12(5-11)13-7-16-9-20-13/h2-9H,1H3,(H2,15,18). The smallest absolute Gasteiger partial charge is 0.221 e. The van der Waals surface area contributed by atoms with Gasteiger partial charge in [0.15, 0.2) is 12.2 Å². The lowest BCUT2D eigenvalue weighted by Crippen LogP contribution is -1.97. The van der Waals surface area contributed by atoms with E-state index in [0.29, 0.717) is 5.95 Å². The van der Waals surface area contributed by atoms with Gasteiger partial charge >= 0.3 is 0 Å².